The number of H-pyrrole nitrogens is 2. The fourth-order valence-electron chi connectivity index (χ4n) is 4.33. The Morgan fingerprint density at radius 3 is 2.74 bits per heavy atom. The number of rotatable bonds is 5. The molecule has 0 saturated carbocycles. The number of halogens is 1. The number of imidazole rings is 1. The Labute approximate surface area is 204 Å². The topological polar surface area (TPSA) is 86.4 Å². The summed E-state index contributed by atoms with van der Waals surface area (Å²) in [7, 11) is 4.01. The highest BCUT2D eigenvalue weighted by atomic mass is 32.1. The van der Waals surface area contributed by atoms with Gasteiger partial charge in [-0.3, -0.25) is 10.1 Å². The van der Waals surface area contributed by atoms with E-state index in [9.17, 15) is 0 Å². The quantitative estimate of drug-likeness (QED) is 0.324. The van der Waals surface area contributed by atoms with Gasteiger partial charge in [-0.15, -0.1) is 11.3 Å². The Morgan fingerprint density at radius 2 is 1.94 bits per heavy atom. The first-order valence-electron chi connectivity index (χ1n) is 11.1. The third-order valence-electron chi connectivity index (χ3n) is 5.87. The summed E-state index contributed by atoms with van der Waals surface area (Å²) in [5.41, 5.74) is 5.99. The Kier molecular flexibility index (Phi) is 5.16. The highest BCUT2D eigenvalue weighted by Gasteiger charge is 2.18. The van der Waals surface area contributed by atoms with Crippen LogP contribution in [0, 0.1) is 12.7 Å². The Hall–Kier alpha value is -3.95. The molecule has 0 aliphatic heterocycles. The van der Waals surface area contributed by atoms with Crippen LogP contribution in [0.1, 0.15) is 10.4 Å². The predicted octanol–water partition coefficient (Wildman–Crippen LogP) is 5.80. The minimum absolute atomic E-state index is 0.267. The van der Waals surface area contributed by atoms with Gasteiger partial charge in [0, 0.05) is 51.4 Å². The molecule has 5 aromatic heterocycles. The van der Waals surface area contributed by atoms with Crippen LogP contribution in [0.25, 0.3) is 55.2 Å². The van der Waals surface area contributed by atoms with E-state index < -0.39 is 5.82 Å². The maximum absolute atomic E-state index is 15.1. The molecule has 0 aliphatic carbocycles. The Balaban J connectivity index is 1.48. The zero-order valence-electron chi connectivity index (χ0n) is 19.4. The van der Waals surface area contributed by atoms with Crippen LogP contribution < -0.4 is 0 Å². The maximum atomic E-state index is 15.1. The number of aryl methyl sites for hydroxylation is 1. The summed E-state index contributed by atoms with van der Waals surface area (Å²) in [6.07, 6.45) is 5.34. The molecule has 0 bridgehead atoms. The van der Waals surface area contributed by atoms with Crippen molar-refractivity contribution < 1.29 is 4.39 Å². The number of nitrogens with one attached hydrogen (secondary N) is 2. The van der Waals surface area contributed by atoms with Crippen molar-refractivity contribution in [3.05, 3.63) is 71.2 Å². The number of hydrogen-bond donors (Lipinski definition) is 2. The van der Waals surface area contributed by atoms with Crippen molar-refractivity contribution in [3.63, 3.8) is 0 Å². The largest absolute Gasteiger partial charge is 0.335 e. The number of nitrogens with zero attached hydrogens (tertiary/aromatic N) is 5. The Morgan fingerprint density at radius 1 is 1.06 bits per heavy atom. The zero-order valence-corrected chi connectivity index (χ0v) is 20.2. The number of thiophene rings is 1. The van der Waals surface area contributed by atoms with Crippen molar-refractivity contribution in [2.75, 3.05) is 14.1 Å². The summed E-state index contributed by atoms with van der Waals surface area (Å²) < 4.78 is 15.1. The average Bonchev–Trinajstić information content (AvgIpc) is 3.56. The average molecular weight is 484 g/mol. The van der Waals surface area contributed by atoms with Gasteiger partial charge in [0.15, 0.2) is 17.3 Å². The van der Waals surface area contributed by atoms with E-state index in [-0.39, 0.29) is 5.52 Å². The molecule has 2 N–H and O–H groups in total. The van der Waals surface area contributed by atoms with Crippen molar-refractivity contribution in [3.8, 4) is 33.1 Å². The Bertz CT molecular complexity index is 1700. The van der Waals surface area contributed by atoms with Gasteiger partial charge in [0.2, 0.25) is 0 Å². The van der Waals surface area contributed by atoms with E-state index >= 15 is 4.39 Å². The monoisotopic (exact) mass is 483 g/mol. The highest BCUT2D eigenvalue weighted by molar-refractivity contribution is 7.15. The highest BCUT2D eigenvalue weighted by Crippen LogP contribution is 2.35. The molecular formula is C26H22FN7S. The summed E-state index contributed by atoms with van der Waals surface area (Å²) in [4.78, 5) is 21.3. The molecule has 6 rings (SSSR count). The van der Waals surface area contributed by atoms with Gasteiger partial charge < -0.3 is 9.88 Å². The van der Waals surface area contributed by atoms with Crippen LogP contribution in [-0.2, 0) is 6.54 Å². The van der Waals surface area contributed by atoms with Crippen LogP contribution in [0.5, 0.6) is 0 Å². The zero-order chi connectivity index (χ0) is 24.1. The van der Waals surface area contributed by atoms with E-state index in [0.717, 1.165) is 39.2 Å². The molecule has 0 amide bonds. The molecule has 5 heterocycles. The lowest BCUT2D eigenvalue weighted by Crippen LogP contribution is -2.10. The summed E-state index contributed by atoms with van der Waals surface area (Å²) in [5, 5.41) is 7.86. The summed E-state index contributed by atoms with van der Waals surface area (Å²) in [6.45, 7) is 2.83. The van der Waals surface area contributed by atoms with E-state index in [1.165, 1.54) is 10.9 Å². The van der Waals surface area contributed by atoms with Crippen molar-refractivity contribution in [2.45, 2.75) is 13.5 Å². The fraction of sp³-hybridized carbons (Fsp3) is 0.154. The third-order valence-corrected chi connectivity index (χ3v) is 6.91. The van der Waals surface area contributed by atoms with E-state index in [1.807, 2.05) is 38.5 Å². The number of aromatic nitrogens is 6. The van der Waals surface area contributed by atoms with Gasteiger partial charge in [-0.1, -0.05) is 0 Å². The van der Waals surface area contributed by atoms with Gasteiger partial charge in [-0.05, 0) is 68.5 Å². The third kappa shape index (κ3) is 3.88. The molecule has 1 aromatic carbocycles. The van der Waals surface area contributed by atoms with Crippen molar-refractivity contribution in [1.29, 1.82) is 0 Å². The van der Waals surface area contributed by atoms with Crippen molar-refractivity contribution >= 4 is 33.4 Å². The van der Waals surface area contributed by atoms with Crippen LogP contribution >= 0.6 is 11.3 Å². The van der Waals surface area contributed by atoms with Crippen LogP contribution in [0.2, 0.25) is 0 Å². The molecule has 7 nitrogen and oxygen atoms in total. The molecule has 0 unspecified atom stereocenters. The molecule has 0 saturated heterocycles. The molecule has 174 valence electrons. The van der Waals surface area contributed by atoms with E-state index in [0.29, 0.717) is 22.6 Å². The number of pyridine rings is 2. The van der Waals surface area contributed by atoms with Crippen molar-refractivity contribution in [2.24, 2.45) is 0 Å². The van der Waals surface area contributed by atoms with Crippen LogP contribution in [0.4, 0.5) is 4.39 Å². The lowest BCUT2D eigenvalue weighted by Gasteiger charge is -2.10. The van der Waals surface area contributed by atoms with Crippen LogP contribution in [0.3, 0.4) is 0 Å². The van der Waals surface area contributed by atoms with E-state index in [1.54, 1.807) is 23.7 Å². The number of hydrogen-bond acceptors (Lipinski definition) is 6. The first-order chi connectivity index (χ1) is 17.0. The SMILES string of the molecule is Cc1ccc(-c2ccnc3nc(-c4[nH]nc5c(F)cc(-c6cncc(CN(C)C)c6)cc45)[nH]c23)s1. The maximum Gasteiger partial charge on any atom is 0.178 e. The molecule has 9 heteroatoms. The lowest BCUT2D eigenvalue weighted by molar-refractivity contribution is 0.402. The minimum atomic E-state index is -0.401. The van der Waals surface area contributed by atoms with Gasteiger partial charge >= 0.3 is 0 Å². The van der Waals surface area contributed by atoms with Gasteiger partial charge in [0.25, 0.3) is 0 Å². The van der Waals surface area contributed by atoms with Crippen LogP contribution in [0.15, 0.2) is 55.0 Å². The minimum Gasteiger partial charge on any atom is -0.335 e. The predicted molar refractivity (Wildman–Crippen MR) is 138 cm³/mol. The molecule has 0 spiro atoms. The fourth-order valence-corrected chi connectivity index (χ4v) is 5.23. The normalized spacial score (nSPS) is 11.8. The molecule has 35 heavy (non-hydrogen) atoms. The molecular weight excluding hydrogens is 461 g/mol. The lowest BCUT2D eigenvalue weighted by atomic mass is 10.0. The first-order valence-corrected chi connectivity index (χ1v) is 12.0. The summed E-state index contributed by atoms with van der Waals surface area (Å²) in [5.74, 6) is 0.161. The molecule has 0 fully saturated rings. The second-order valence-corrected chi connectivity index (χ2v) is 10.1. The number of aromatic amines is 2. The summed E-state index contributed by atoms with van der Waals surface area (Å²) >= 11 is 1.72. The molecule has 0 atom stereocenters. The second kappa shape index (κ2) is 8.37. The van der Waals surface area contributed by atoms with Gasteiger partial charge in [0.1, 0.15) is 11.2 Å². The van der Waals surface area contributed by atoms with E-state index in [2.05, 4.69) is 49.1 Å². The molecule has 0 radical (unpaired) electrons. The smallest absolute Gasteiger partial charge is 0.178 e. The summed E-state index contributed by atoms with van der Waals surface area (Å²) in [6, 6.07) is 11.6. The van der Waals surface area contributed by atoms with E-state index in [4.69, 9.17) is 4.98 Å². The second-order valence-electron chi connectivity index (χ2n) is 8.83. The van der Waals surface area contributed by atoms with Gasteiger partial charge in [0.05, 0.1) is 5.52 Å². The van der Waals surface area contributed by atoms with Gasteiger partial charge in [-0.2, -0.15) is 5.10 Å². The van der Waals surface area contributed by atoms with Crippen LogP contribution in [-0.4, -0.2) is 49.1 Å². The standard InChI is InChI=1S/C26H22FN7S/c1-14-4-5-21(35-14)18-6-7-29-25-23(18)30-26(31-25)24-19-9-16(10-20(27)22(19)32-33-24)17-8-15(11-28-12-17)13-34(2)3/h4-12H,13H2,1-3H3,(H,32,33)(H,29,30,31). The van der Waals surface area contributed by atoms with Gasteiger partial charge in [-0.25, -0.2) is 14.4 Å². The number of benzene rings is 1. The number of fused-ring (bicyclic) bond motifs is 2. The first kappa shape index (κ1) is 21.6. The molecule has 6 aromatic rings. The molecule has 0 aliphatic rings. The van der Waals surface area contributed by atoms with Crippen molar-refractivity contribution in [1.82, 2.24) is 35.0 Å².